The molecule has 0 aliphatic carbocycles. The van der Waals surface area contributed by atoms with Crippen LogP contribution in [0.15, 0.2) is 41.8 Å². The molecule has 0 spiro atoms. The molecule has 2 aliphatic rings. The monoisotopic (exact) mass is 463 g/mol. The minimum absolute atomic E-state index is 0.136. The molecule has 2 aliphatic heterocycles. The van der Waals surface area contributed by atoms with Crippen molar-refractivity contribution in [3.8, 4) is 22.8 Å². The van der Waals surface area contributed by atoms with Crippen molar-refractivity contribution in [2.24, 2.45) is 0 Å². The molecule has 3 aromatic rings. The van der Waals surface area contributed by atoms with Gasteiger partial charge in [0.2, 0.25) is 0 Å². The van der Waals surface area contributed by atoms with Crippen LogP contribution in [-0.4, -0.2) is 48.9 Å². The van der Waals surface area contributed by atoms with Crippen LogP contribution in [0.1, 0.15) is 22.3 Å². The number of ether oxygens (including phenoxy) is 2. The van der Waals surface area contributed by atoms with Gasteiger partial charge in [-0.25, -0.2) is 4.98 Å². The van der Waals surface area contributed by atoms with Gasteiger partial charge in [-0.15, -0.1) is 11.3 Å². The van der Waals surface area contributed by atoms with Gasteiger partial charge in [-0.3, -0.25) is 19.3 Å². The highest BCUT2D eigenvalue weighted by atomic mass is 32.1. The number of hydrogen-bond donors (Lipinski definition) is 0. The lowest BCUT2D eigenvalue weighted by Crippen LogP contribution is -2.43. The van der Waals surface area contributed by atoms with Crippen LogP contribution in [0.3, 0.4) is 0 Å². The van der Waals surface area contributed by atoms with Gasteiger partial charge < -0.3 is 14.4 Å². The topological polar surface area (TPSA) is 89.0 Å². The van der Waals surface area contributed by atoms with Gasteiger partial charge in [0.1, 0.15) is 11.5 Å². The van der Waals surface area contributed by atoms with E-state index < -0.39 is 6.10 Å². The highest BCUT2D eigenvalue weighted by molar-refractivity contribution is 7.09. The van der Waals surface area contributed by atoms with Crippen molar-refractivity contribution in [1.82, 2.24) is 4.98 Å². The molecule has 9 heteroatoms. The molecular weight excluding hydrogens is 442 g/mol. The van der Waals surface area contributed by atoms with Crippen LogP contribution >= 0.6 is 11.3 Å². The maximum Gasteiger partial charge on any atom is 0.267 e. The van der Waals surface area contributed by atoms with Gasteiger partial charge in [-0.2, -0.15) is 0 Å². The SMILES string of the molecule is Cc1nc(-c2ccc3c(c2)N(CC(=O)c2ccc4c(c2)N(C)C(=O)C(C)O4)C(=O)CO3)cs1. The molecule has 3 heterocycles. The quantitative estimate of drug-likeness (QED) is 0.551. The number of amides is 2. The Labute approximate surface area is 194 Å². The molecule has 0 saturated carbocycles. The zero-order valence-electron chi connectivity index (χ0n) is 18.3. The minimum atomic E-state index is -0.581. The second kappa shape index (κ2) is 8.00. The lowest BCUT2D eigenvalue weighted by atomic mass is 10.1. The molecule has 8 nitrogen and oxygen atoms in total. The number of thiazole rings is 1. The molecule has 1 atom stereocenters. The Morgan fingerprint density at radius 1 is 1.15 bits per heavy atom. The first kappa shape index (κ1) is 21.1. The van der Waals surface area contributed by atoms with Crippen molar-refractivity contribution < 1.29 is 23.9 Å². The van der Waals surface area contributed by atoms with Gasteiger partial charge in [0.25, 0.3) is 11.8 Å². The molecule has 5 rings (SSSR count). The first-order chi connectivity index (χ1) is 15.8. The molecule has 1 aromatic heterocycles. The molecule has 33 heavy (non-hydrogen) atoms. The van der Waals surface area contributed by atoms with E-state index in [4.69, 9.17) is 9.47 Å². The number of aryl methyl sites for hydroxylation is 1. The number of fused-ring (bicyclic) bond motifs is 2. The van der Waals surface area contributed by atoms with E-state index in [1.165, 1.54) is 9.80 Å². The standard InChI is InChI=1S/C24H21N3O5S/c1-13-24(30)26(3)18-9-16(5-7-22(18)32-13)20(28)10-27-19-8-15(17-12-33-14(2)25-17)4-6-21(19)31-11-23(27)29/h4-9,12-13H,10-11H2,1-3H3. The van der Waals surface area contributed by atoms with E-state index in [9.17, 15) is 14.4 Å². The summed E-state index contributed by atoms with van der Waals surface area (Å²) >= 11 is 1.54. The van der Waals surface area contributed by atoms with Crippen LogP contribution < -0.4 is 19.3 Å². The van der Waals surface area contributed by atoms with Gasteiger partial charge in [-0.05, 0) is 50.2 Å². The second-order valence-corrected chi connectivity index (χ2v) is 9.03. The van der Waals surface area contributed by atoms with Gasteiger partial charge >= 0.3 is 0 Å². The van der Waals surface area contributed by atoms with Crippen LogP contribution in [0.5, 0.6) is 11.5 Å². The van der Waals surface area contributed by atoms with E-state index in [1.54, 1.807) is 49.6 Å². The number of rotatable bonds is 4. The van der Waals surface area contributed by atoms with Crippen LogP contribution in [0, 0.1) is 6.92 Å². The van der Waals surface area contributed by atoms with Crippen molar-refractivity contribution in [2.75, 3.05) is 30.0 Å². The number of benzene rings is 2. The van der Waals surface area contributed by atoms with Crippen LogP contribution in [0.2, 0.25) is 0 Å². The number of anilines is 2. The lowest BCUT2D eigenvalue weighted by Gasteiger charge is -2.31. The predicted octanol–water partition coefficient (Wildman–Crippen LogP) is 3.47. The van der Waals surface area contributed by atoms with Crippen LogP contribution in [-0.2, 0) is 9.59 Å². The molecule has 2 aromatic carbocycles. The van der Waals surface area contributed by atoms with E-state index in [0.29, 0.717) is 28.4 Å². The Balaban J connectivity index is 1.45. The molecular formula is C24H21N3O5S. The van der Waals surface area contributed by atoms with Crippen molar-refractivity contribution in [2.45, 2.75) is 20.0 Å². The fraction of sp³-hybridized carbons (Fsp3) is 0.250. The number of aromatic nitrogens is 1. The van der Waals surface area contributed by atoms with Gasteiger partial charge in [0.15, 0.2) is 18.5 Å². The molecule has 0 N–H and O–H groups in total. The van der Waals surface area contributed by atoms with Crippen molar-refractivity contribution in [3.63, 3.8) is 0 Å². The van der Waals surface area contributed by atoms with Gasteiger partial charge in [-0.1, -0.05) is 0 Å². The smallest absolute Gasteiger partial charge is 0.267 e. The number of likely N-dealkylation sites (N-methyl/N-ethyl adjacent to an activating group) is 1. The Kier molecular flexibility index (Phi) is 5.13. The summed E-state index contributed by atoms with van der Waals surface area (Å²) in [5.74, 6) is 0.334. The third kappa shape index (κ3) is 3.74. The molecule has 0 radical (unpaired) electrons. The molecule has 0 saturated heterocycles. The maximum absolute atomic E-state index is 13.2. The zero-order chi connectivity index (χ0) is 23.3. The summed E-state index contributed by atoms with van der Waals surface area (Å²) in [6.45, 7) is 3.33. The first-order valence-electron chi connectivity index (χ1n) is 10.4. The van der Waals surface area contributed by atoms with Gasteiger partial charge in [0.05, 0.1) is 28.6 Å². The van der Waals surface area contributed by atoms with Gasteiger partial charge in [0, 0.05) is 23.6 Å². The number of nitrogens with zero attached hydrogens (tertiary/aromatic N) is 3. The summed E-state index contributed by atoms with van der Waals surface area (Å²) in [7, 11) is 1.65. The Bertz CT molecular complexity index is 1300. The van der Waals surface area contributed by atoms with E-state index in [0.717, 1.165) is 16.3 Å². The lowest BCUT2D eigenvalue weighted by molar-refractivity contribution is -0.125. The Morgan fingerprint density at radius 3 is 2.70 bits per heavy atom. The summed E-state index contributed by atoms with van der Waals surface area (Å²) in [4.78, 5) is 45.6. The van der Waals surface area contributed by atoms with Crippen molar-refractivity contribution >= 4 is 40.3 Å². The largest absolute Gasteiger partial charge is 0.482 e. The normalized spacial score (nSPS) is 17.2. The Hall–Kier alpha value is -3.72. The average Bonchev–Trinajstić information content (AvgIpc) is 3.25. The number of Topliss-reactive ketones (excluding diaryl/α,β-unsaturated/α-hetero) is 1. The van der Waals surface area contributed by atoms with Crippen molar-refractivity contribution in [3.05, 3.63) is 52.3 Å². The third-order valence-corrected chi connectivity index (χ3v) is 6.52. The predicted molar refractivity (Wildman–Crippen MR) is 124 cm³/mol. The van der Waals surface area contributed by atoms with Crippen LogP contribution in [0.25, 0.3) is 11.3 Å². The summed E-state index contributed by atoms with van der Waals surface area (Å²) in [5.41, 5.74) is 3.10. The summed E-state index contributed by atoms with van der Waals surface area (Å²) < 4.78 is 11.2. The maximum atomic E-state index is 13.2. The molecule has 168 valence electrons. The van der Waals surface area contributed by atoms with E-state index in [-0.39, 0.29) is 30.7 Å². The fourth-order valence-electron chi connectivity index (χ4n) is 3.95. The molecule has 0 fully saturated rings. The fourth-order valence-corrected chi connectivity index (χ4v) is 4.57. The van der Waals surface area contributed by atoms with Crippen molar-refractivity contribution in [1.29, 1.82) is 0 Å². The third-order valence-electron chi connectivity index (χ3n) is 5.74. The van der Waals surface area contributed by atoms with E-state index in [1.807, 2.05) is 24.4 Å². The molecule has 0 bridgehead atoms. The Morgan fingerprint density at radius 2 is 1.94 bits per heavy atom. The summed E-state index contributed by atoms with van der Waals surface area (Å²) in [5, 5.41) is 2.89. The van der Waals surface area contributed by atoms with E-state index >= 15 is 0 Å². The highest BCUT2D eigenvalue weighted by Crippen LogP contribution is 2.37. The number of carbonyl (C=O) groups is 3. The highest BCUT2D eigenvalue weighted by Gasteiger charge is 2.31. The molecule has 2 amide bonds. The van der Waals surface area contributed by atoms with Crippen LogP contribution in [0.4, 0.5) is 11.4 Å². The molecule has 1 unspecified atom stereocenters. The first-order valence-corrected chi connectivity index (χ1v) is 11.3. The minimum Gasteiger partial charge on any atom is -0.482 e. The zero-order valence-corrected chi connectivity index (χ0v) is 19.1. The number of carbonyl (C=O) groups excluding carboxylic acids is 3. The summed E-state index contributed by atoms with van der Waals surface area (Å²) in [6, 6.07) is 10.5. The number of hydrogen-bond acceptors (Lipinski definition) is 7. The van der Waals surface area contributed by atoms with E-state index in [2.05, 4.69) is 4.98 Å². The number of ketones is 1. The summed E-state index contributed by atoms with van der Waals surface area (Å²) in [6.07, 6.45) is -0.581. The second-order valence-electron chi connectivity index (χ2n) is 7.97. The average molecular weight is 464 g/mol.